The highest BCUT2D eigenvalue weighted by molar-refractivity contribution is 7.90. The van der Waals surface area contributed by atoms with Gasteiger partial charge in [0.25, 0.3) is 10.0 Å². The third-order valence-corrected chi connectivity index (χ3v) is 4.57. The molecule has 1 heterocycles. The fourth-order valence-electron chi connectivity index (χ4n) is 2.09. The summed E-state index contributed by atoms with van der Waals surface area (Å²) in [5, 5.41) is 3.03. The molecule has 0 fully saturated rings. The molecule has 110 valence electrons. The molecule has 1 aromatic carbocycles. The van der Waals surface area contributed by atoms with Gasteiger partial charge in [-0.25, -0.2) is 13.1 Å². The molecule has 2 N–H and O–H groups in total. The highest BCUT2D eigenvalue weighted by Crippen LogP contribution is 2.25. The second kappa shape index (κ2) is 6.26. The number of nitrogens with zero attached hydrogens (tertiary/aromatic N) is 1. The number of fused-ring (bicyclic) bond motifs is 1. The summed E-state index contributed by atoms with van der Waals surface area (Å²) in [7, 11) is -3.50. The molecular weight excluding hydrogens is 274 g/mol. The van der Waals surface area contributed by atoms with Crippen molar-refractivity contribution >= 4 is 21.7 Å². The second-order valence-electron chi connectivity index (χ2n) is 5.02. The van der Waals surface area contributed by atoms with Crippen LogP contribution in [0.5, 0.6) is 0 Å². The van der Waals surface area contributed by atoms with Gasteiger partial charge in [-0.2, -0.15) is 0 Å². The van der Waals surface area contributed by atoms with E-state index in [9.17, 15) is 8.42 Å². The Labute approximate surface area is 120 Å². The Kier molecular flexibility index (Phi) is 4.65. The predicted octanol–water partition coefficient (Wildman–Crippen LogP) is 2.64. The molecule has 0 aromatic heterocycles. The summed E-state index contributed by atoms with van der Waals surface area (Å²) in [6.45, 7) is 4.65. The number of hydrogen-bond acceptors (Lipinski definition) is 3. The lowest BCUT2D eigenvalue weighted by Gasteiger charge is -2.21. The molecule has 0 saturated carbocycles. The summed E-state index contributed by atoms with van der Waals surface area (Å²) in [6.07, 6.45) is 4.46. The molecule has 0 aliphatic carbocycles. The van der Waals surface area contributed by atoms with Crippen LogP contribution in [0.3, 0.4) is 0 Å². The van der Waals surface area contributed by atoms with Crippen LogP contribution in [0.15, 0.2) is 28.1 Å². The number of anilines is 1. The lowest BCUT2D eigenvalue weighted by atomic mass is 10.2. The third-order valence-electron chi connectivity index (χ3n) is 3.19. The number of sulfonamides is 1. The Bertz CT molecular complexity index is 609. The maximum absolute atomic E-state index is 12.1. The van der Waals surface area contributed by atoms with Crippen LogP contribution >= 0.6 is 0 Å². The van der Waals surface area contributed by atoms with E-state index in [0.29, 0.717) is 18.2 Å². The highest BCUT2D eigenvalue weighted by Gasteiger charge is 2.26. The third kappa shape index (κ3) is 3.50. The smallest absolute Gasteiger partial charge is 0.266 e. The Morgan fingerprint density at radius 1 is 1.20 bits per heavy atom. The molecule has 0 saturated heterocycles. The SMILES string of the molecule is CCCCCCN=C1Nc2ccc(C)cc2S(=O)(=O)N1. The van der Waals surface area contributed by atoms with E-state index < -0.39 is 10.0 Å². The van der Waals surface area contributed by atoms with Crippen LogP contribution in [0.4, 0.5) is 5.69 Å². The molecule has 2 rings (SSSR count). The molecule has 5 nitrogen and oxygen atoms in total. The van der Waals surface area contributed by atoms with Crippen molar-refractivity contribution in [2.75, 3.05) is 11.9 Å². The summed E-state index contributed by atoms with van der Waals surface area (Å²) in [6, 6.07) is 5.31. The first-order valence-corrected chi connectivity index (χ1v) is 8.46. The number of hydrogen-bond donors (Lipinski definition) is 2. The molecule has 0 radical (unpaired) electrons. The molecule has 0 amide bonds. The Morgan fingerprint density at radius 3 is 2.75 bits per heavy atom. The molecule has 1 aliphatic heterocycles. The van der Waals surface area contributed by atoms with Crippen molar-refractivity contribution < 1.29 is 8.42 Å². The second-order valence-corrected chi connectivity index (χ2v) is 6.67. The van der Waals surface area contributed by atoms with Crippen LogP contribution in [0, 0.1) is 6.92 Å². The van der Waals surface area contributed by atoms with E-state index in [-0.39, 0.29) is 4.90 Å². The van der Waals surface area contributed by atoms with Crippen LogP contribution in [-0.2, 0) is 10.0 Å². The predicted molar refractivity (Wildman–Crippen MR) is 81.6 cm³/mol. The average Bonchev–Trinajstić information content (AvgIpc) is 2.39. The summed E-state index contributed by atoms with van der Waals surface area (Å²) in [4.78, 5) is 4.57. The number of aliphatic imine (C=N–C) groups is 1. The van der Waals surface area contributed by atoms with Gasteiger partial charge in [0.15, 0.2) is 0 Å². The molecule has 0 unspecified atom stereocenters. The van der Waals surface area contributed by atoms with Crippen LogP contribution in [0.25, 0.3) is 0 Å². The largest absolute Gasteiger partial charge is 0.324 e. The monoisotopic (exact) mass is 295 g/mol. The van der Waals surface area contributed by atoms with Gasteiger partial charge in [-0.05, 0) is 31.0 Å². The van der Waals surface area contributed by atoms with Crippen LogP contribution in [-0.4, -0.2) is 20.9 Å². The number of unbranched alkanes of at least 4 members (excludes halogenated alkanes) is 3. The fraction of sp³-hybridized carbons (Fsp3) is 0.500. The minimum absolute atomic E-state index is 0.280. The maximum Gasteiger partial charge on any atom is 0.266 e. The first kappa shape index (κ1) is 14.8. The summed E-state index contributed by atoms with van der Waals surface area (Å²) in [5.41, 5.74) is 1.50. The van der Waals surface area contributed by atoms with E-state index in [1.54, 1.807) is 12.1 Å². The van der Waals surface area contributed by atoms with Gasteiger partial charge in [-0.1, -0.05) is 32.3 Å². The van der Waals surface area contributed by atoms with Gasteiger partial charge in [-0.3, -0.25) is 4.99 Å². The van der Waals surface area contributed by atoms with Gasteiger partial charge in [0.2, 0.25) is 5.96 Å². The van der Waals surface area contributed by atoms with E-state index in [1.165, 1.54) is 12.8 Å². The van der Waals surface area contributed by atoms with Gasteiger partial charge in [0.1, 0.15) is 4.90 Å². The molecule has 0 atom stereocenters. The zero-order chi connectivity index (χ0) is 14.6. The van der Waals surface area contributed by atoms with Gasteiger partial charge in [0, 0.05) is 6.54 Å². The summed E-state index contributed by atoms with van der Waals surface area (Å²) < 4.78 is 26.8. The molecule has 1 aliphatic rings. The van der Waals surface area contributed by atoms with Crippen molar-refractivity contribution in [3.63, 3.8) is 0 Å². The first-order valence-electron chi connectivity index (χ1n) is 6.98. The van der Waals surface area contributed by atoms with Gasteiger partial charge >= 0.3 is 0 Å². The minimum atomic E-state index is -3.50. The lowest BCUT2D eigenvalue weighted by molar-refractivity contribution is 0.591. The minimum Gasteiger partial charge on any atom is -0.324 e. The van der Waals surface area contributed by atoms with E-state index in [1.807, 2.05) is 13.0 Å². The van der Waals surface area contributed by atoms with Crippen LogP contribution in [0.1, 0.15) is 38.2 Å². The number of guanidine groups is 1. The normalized spacial score (nSPS) is 18.2. The zero-order valence-corrected chi connectivity index (χ0v) is 12.8. The average molecular weight is 295 g/mol. The van der Waals surface area contributed by atoms with Gasteiger partial charge in [-0.15, -0.1) is 0 Å². The highest BCUT2D eigenvalue weighted by atomic mass is 32.2. The standard InChI is InChI=1S/C14H21N3O2S/c1-3-4-5-6-9-15-14-16-12-8-7-11(2)10-13(12)20(18,19)17-14/h7-8,10H,3-6,9H2,1-2H3,(H2,15,16,17). The van der Waals surface area contributed by atoms with Crippen molar-refractivity contribution in [1.29, 1.82) is 0 Å². The molecule has 0 bridgehead atoms. The van der Waals surface area contributed by atoms with Crippen molar-refractivity contribution in [2.45, 2.75) is 44.4 Å². The van der Waals surface area contributed by atoms with Crippen LogP contribution < -0.4 is 10.0 Å². The Hall–Kier alpha value is -1.56. The summed E-state index contributed by atoms with van der Waals surface area (Å²) >= 11 is 0. The maximum atomic E-state index is 12.1. The van der Waals surface area contributed by atoms with Gasteiger partial charge < -0.3 is 5.32 Å². The van der Waals surface area contributed by atoms with Crippen molar-refractivity contribution in [3.05, 3.63) is 23.8 Å². The topological polar surface area (TPSA) is 70.6 Å². The number of aryl methyl sites for hydroxylation is 1. The lowest BCUT2D eigenvalue weighted by Crippen LogP contribution is -2.40. The summed E-state index contributed by atoms with van der Waals surface area (Å²) in [5.74, 6) is 0.317. The molecule has 20 heavy (non-hydrogen) atoms. The number of rotatable bonds is 5. The molecule has 1 aromatic rings. The fourth-order valence-corrected chi connectivity index (χ4v) is 3.32. The van der Waals surface area contributed by atoms with Crippen molar-refractivity contribution in [3.8, 4) is 0 Å². The zero-order valence-electron chi connectivity index (χ0n) is 11.9. The molecule has 6 heteroatoms. The first-order chi connectivity index (χ1) is 9.53. The molecule has 0 spiro atoms. The quantitative estimate of drug-likeness (QED) is 0.820. The van der Waals surface area contributed by atoms with E-state index in [4.69, 9.17) is 0 Å². The van der Waals surface area contributed by atoms with Crippen molar-refractivity contribution in [2.24, 2.45) is 4.99 Å². The Balaban J connectivity index is 2.11. The van der Waals surface area contributed by atoms with Crippen molar-refractivity contribution in [1.82, 2.24) is 4.72 Å². The Morgan fingerprint density at radius 2 is 2.00 bits per heavy atom. The van der Waals surface area contributed by atoms with Gasteiger partial charge in [0.05, 0.1) is 5.69 Å². The number of nitrogens with one attached hydrogen (secondary N) is 2. The van der Waals surface area contributed by atoms with E-state index in [2.05, 4.69) is 22.0 Å². The van der Waals surface area contributed by atoms with Crippen LogP contribution in [0.2, 0.25) is 0 Å². The molecular formula is C14H21N3O2S. The van der Waals surface area contributed by atoms with E-state index >= 15 is 0 Å². The number of benzene rings is 1. The van der Waals surface area contributed by atoms with E-state index in [0.717, 1.165) is 18.4 Å².